The molecule has 124 valence electrons. The Bertz CT molecular complexity index is 1020. The monoisotopic (exact) mass is 517 g/mol. The molecule has 0 radical (unpaired) electrons. The average molecular weight is 519 g/mol. The highest BCUT2D eigenvalue weighted by Crippen LogP contribution is 2.31. The molecule has 4 nitrogen and oxygen atoms in total. The van der Waals surface area contributed by atoms with Crippen LogP contribution in [0.5, 0.6) is 0 Å². The van der Waals surface area contributed by atoms with Crippen LogP contribution in [-0.2, 0) is 0 Å². The molecule has 3 aromatic rings. The van der Waals surface area contributed by atoms with E-state index < -0.39 is 5.69 Å². The summed E-state index contributed by atoms with van der Waals surface area (Å²) in [6, 6.07) is 5.73. The van der Waals surface area contributed by atoms with E-state index in [1.54, 1.807) is 10.8 Å². The Morgan fingerprint density at radius 3 is 2.71 bits per heavy atom. The lowest BCUT2D eigenvalue weighted by molar-refractivity contribution is 0.793. The van der Waals surface area contributed by atoms with Gasteiger partial charge in [0, 0.05) is 19.6 Å². The van der Waals surface area contributed by atoms with E-state index in [9.17, 15) is 4.79 Å². The lowest BCUT2D eigenvalue weighted by Gasteiger charge is -2.18. The standard InChI is InChI=1S/C17H14BrClIN3O/c1-8(2)14-15(9(3)4-5-21-14)23-13-7-12(20)11(18)6-10(13)16(19)22-17(23)24/h4-8H,1-3H3. The van der Waals surface area contributed by atoms with Crippen molar-refractivity contribution in [1.82, 2.24) is 14.5 Å². The lowest BCUT2D eigenvalue weighted by Crippen LogP contribution is -2.24. The van der Waals surface area contributed by atoms with Gasteiger partial charge in [0.2, 0.25) is 0 Å². The molecule has 0 bridgehead atoms. The zero-order valence-electron chi connectivity index (χ0n) is 13.3. The third-order valence-electron chi connectivity index (χ3n) is 3.81. The fourth-order valence-corrected chi connectivity index (χ4v) is 3.70. The summed E-state index contributed by atoms with van der Waals surface area (Å²) in [6.07, 6.45) is 1.77. The zero-order chi connectivity index (χ0) is 17.6. The summed E-state index contributed by atoms with van der Waals surface area (Å²) in [5, 5.41) is 0.928. The number of pyridine rings is 1. The highest BCUT2D eigenvalue weighted by Gasteiger charge is 2.19. The van der Waals surface area contributed by atoms with Gasteiger partial charge in [0.1, 0.15) is 5.15 Å². The smallest absolute Gasteiger partial charge is 0.259 e. The van der Waals surface area contributed by atoms with Gasteiger partial charge < -0.3 is 0 Å². The van der Waals surface area contributed by atoms with Gasteiger partial charge in [0.05, 0.1) is 16.9 Å². The third kappa shape index (κ3) is 2.99. The summed E-state index contributed by atoms with van der Waals surface area (Å²) in [6.45, 7) is 6.09. The van der Waals surface area contributed by atoms with Gasteiger partial charge in [-0.1, -0.05) is 25.4 Å². The van der Waals surface area contributed by atoms with Gasteiger partial charge in [-0.05, 0) is 75.1 Å². The van der Waals surface area contributed by atoms with Gasteiger partial charge in [-0.3, -0.25) is 9.55 Å². The molecule has 0 saturated heterocycles. The maximum absolute atomic E-state index is 12.7. The number of fused-ring (bicyclic) bond motifs is 1. The first-order chi connectivity index (χ1) is 11.3. The summed E-state index contributed by atoms with van der Waals surface area (Å²) in [5.74, 6) is 0.173. The van der Waals surface area contributed by atoms with Crippen LogP contribution in [0.4, 0.5) is 0 Å². The lowest BCUT2D eigenvalue weighted by atomic mass is 10.0. The van der Waals surface area contributed by atoms with E-state index in [4.69, 9.17) is 11.6 Å². The second kappa shape index (κ2) is 6.72. The van der Waals surface area contributed by atoms with Crippen molar-refractivity contribution in [1.29, 1.82) is 0 Å². The SMILES string of the molecule is Cc1ccnc(C(C)C)c1-n1c(=O)nc(Cl)c2cc(Br)c(I)cc21. The number of nitrogens with zero attached hydrogens (tertiary/aromatic N) is 3. The second-order valence-corrected chi connectivity index (χ2v) is 8.20. The molecule has 7 heteroatoms. The minimum Gasteiger partial charge on any atom is -0.259 e. The molecule has 0 fully saturated rings. The molecule has 0 N–H and O–H groups in total. The number of aromatic nitrogens is 3. The summed E-state index contributed by atoms with van der Waals surface area (Å²) < 4.78 is 3.52. The average Bonchev–Trinajstić information content (AvgIpc) is 2.50. The van der Waals surface area contributed by atoms with E-state index in [0.717, 1.165) is 35.9 Å². The minimum atomic E-state index is -0.399. The van der Waals surface area contributed by atoms with Crippen LogP contribution in [0, 0.1) is 10.5 Å². The Morgan fingerprint density at radius 2 is 2.04 bits per heavy atom. The van der Waals surface area contributed by atoms with E-state index in [-0.39, 0.29) is 11.1 Å². The van der Waals surface area contributed by atoms with E-state index >= 15 is 0 Å². The molecule has 1 aromatic carbocycles. The van der Waals surface area contributed by atoms with Crippen molar-refractivity contribution in [2.75, 3.05) is 0 Å². The first kappa shape index (κ1) is 17.8. The maximum Gasteiger partial charge on any atom is 0.354 e. The van der Waals surface area contributed by atoms with Crippen molar-refractivity contribution < 1.29 is 0 Å². The molecule has 0 aliphatic carbocycles. The molecule has 3 rings (SSSR count). The van der Waals surface area contributed by atoms with E-state index in [0.29, 0.717) is 0 Å². The van der Waals surface area contributed by atoms with Gasteiger partial charge in [-0.25, -0.2) is 4.79 Å². The summed E-state index contributed by atoms with van der Waals surface area (Å²) in [5.41, 5.74) is 2.94. The van der Waals surface area contributed by atoms with Crippen LogP contribution < -0.4 is 5.69 Å². The van der Waals surface area contributed by atoms with Crippen LogP contribution >= 0.6 is 50.1 Å². The van der Waals surface area contributed by atoms with E-state index in [2.05, 4.69) is 62.3 Å². The van der Waals surface area contributed by atoms with Crippen molar-refractivity contribution in [3.05, 3.63) is 59.3 Å². The number of benzene rings is 1. The largest absolute Gasteiger partial charge is 0.354 e. The van der Waals surface area contributed by atoms with E-state index in [1.807, 2.05) is 25.1 Å². The Hall–Kier alpha value is -0.990. The molecule has 2 aromatic heterocycles. The molecule has 0 atom stereocenters. The molecule has 0 saturated carbocycles. The summed E-state index contributed by atoms with van der Waals surface area (Å²) in [7, 11) is 0. The second-order valence-electron chi connectivity index (χ2n) is 5.82. The van der Waals surface area contributed by atoms with E-state index in [1.165, 1.54) is 0 Å². The predicted molar refractivity (Wildman–Crippen MR) is 109 cm³/mol. The van der Waals surface area contributed by atoms with Crippen molar-refractivity contribution in [3.63, 3.8) is 0 Å². The van der Waals surface area contributed by atoms with Crippen LogP contribution in [-0.4, -0.2) is 14.5 Å². The van der Waals surface area contributed by atoms with Gasteiger partial charge in [-0.15, -0.1) is 0 Å². The number of rotatable bonds is 2. The minimum absolute atomic E-state index is 0.173. The Balaban J connectivity index is 2.53. The molecule has 0 unspecified atom stereocenters. The van der Waals surface area contributed by atoms with Gasteiger partial charge >= 0.3 is 5.69 Å². The van der Waals surface area contributed by atoms with Gasteiger partial charge in [-0.2, -0.15) is 4.98 Å². The van der Waals surface area contributed by atoms with Crippen molar-refractivity contribution in [2.24, 2.45) is 0 Å². The molecule has 0 spiro atoms. The first-order valence-corrected chi connectivity index (χ1v) is 9.59. The number of hydrogen-bond donors (Lipinski definition) is 0. The van der Waals surface area contributed by atoms with Crippen LogP contribution in [0.25, 0.3) is 16.6 Å². The van der Waals surface area contributed by atoms with Crippen LogP contribution in [0.2, 0.25) is 5.15 Å². The van der Waals surface area contributed by atoms with Crippen LogP contribution in [0.1, 0.15) is 31.0 Å². The predicted octanol–water partition coefficient (Wildman–Crippen LogP) is 5.23. The maximum atomic E-state index is 12.7. The Morgan fingerprint density at radius 1 is 1.33 bits per heavy atom. The molecule has 0 aliphatic heterocycles. The van der Waals surface area contributed by atoms with Crippen LogP contribution in [0.15, 0.2) is 33.7 Å². The van der Waals surface area contributed by atoms with Gasteiger partial charge in [0.25, 0.3) is 0 Å². The highest BCUT2D eigenvalue weighted by molar-refractivity contribution is 14.1. The quantitative estimate of drug-likeness (QED) is 0.345. The van der Waals surface area contributed by atoms with Gasteiger partial charge in [0.15, 0.2) is 0 Å². The molecule has 0 amide bonds. The highest BCUT2D eigenvalue weighted by atomic mass is 127. The summed E-state index contributed by atoms with van der Waals surface area (Å²) >= 11 is 12.0. The third-order valence-corrected chi connectivity index (χ3v) is 6.39. The molecule has 2 heterocycles. The van der Waals surface area contributed by atoms with Crippen LogP contribution in [0.3, 0.4) is 0 Å². The fraction of sp³-hybridized carbons (Fsp3) is 0.235. The zero-order valence-corrected chi connectivity index (χ0v) is 17.8. The number of hydrogen-bond acceptors (Lipinski definition) is 3. The number of halogens is 3. The Labute approximate surface area is 166 Å². The van der Waals surface area contributed by atoms with Crippen molar-refractivity contribution in [3.8, 4) is 5.69 Å². The number of aryl methyl sites for hydroxylation is 1. The molecule has 0 aliphatic rings. The topological polar surface area (TPSA) is 47.8 Å². The normalized spacial score (nSPS) is 11.5. The molecular weight excluding hydrogens is 504 g/mol. The fourth-order valence-electron chi connectivity index (χ4n) is 2.68. The molecular formula is C17H14BrClIN3O. The molecule has 24 heavy (non-hydrogen) atoms. The first-order valence-electron chi connectivity index (χ1n) is 7.34. The Kier molecular flexibility index (Phi) is 4.99. The summed E-state index contributed by atoms with van der Waals surface area (Å²) in [4.78, 5) is 21.2. The van der Waals surface area contributed by atoms with Crippen molar-refractivity contribution >= 4 is 61.0 Å². The van der Waals surface area contributed by atoms with Crippen molar-refractivity contribution in [2.45, 2.75) is 26.7 Å².